The van der Waals surface area contributed by atoms with Crippen molar-refractivity contribution >= 4 is 11.0 Å². The van der Waals surface area contributed by atoms with E-state index in [2.05, 4.69) is 9.72 Å². The zero-order valence-electron chi connectivity index (χ0n) is 10.7. The molecular weight excluding hydrogens is 271 g/mol. The van der Waals surface area contributed by atoms with Crippen LogP contribution in [0.25, 0.3) is 11.0 Å². The number of benzene rings is 1. The average molecular weight is 283 g/mol. The van der Waals surface area contributed by atoms with Crippen molar-refractivity contribution < 1.29 is 17.9 Å². The highest BCUT2D eigenvalue weighted by Gasteiger charge is 2.27. The Morgan fingerprint density at radius 2 is 2.15 bits per heavy atom. The van der Waals surface area contributed by atoms with E-state index in [-0.39, 0.29) is 13.0 Å². The third-order valence-electron chi connectivity index (χ3n) is 2.84. The molecule has 0 atom stereocenters. The summed E-state index contributed by atoms with van der Waals surface area (Å²) in [5.41, 5.74) is 1.97. The zero-order valence-corrected chi connectivity index (χ0v) is 10.7. The maximum Gasteiger partial charge on any atom is 0.411 e. The lowest BCUT2D eigenvalue weighted by Gasteiger charge is -2.07. The molecule has 0 aliphatic heterocycles. The Balaban J connectivity index is 2.07. The maximum absolute atomic E-state index is 11.9. The van der Waals surface area contributed by atoms with Gasteiger partial charge in [-0.15, -0.1) is 0 Å². The molecule has 1 aromatic carbocycles. The second-order valence-corrected chi connectivity index (χ2v) is 4.32. The summed E-state index contributed by atoms with van der Waals surface area (Å²) in [6.45, 7) is -1.31. The minimum atomic E-state index is -4.31. The molecule has 0 aliphatic rings. The zero-order chi connectivity index (χ0) is 14.8. The summed E-state index contributed by atoms with van der Waals surface area (Å²) in [6.07, 6.45) is -4.03. The second-order valence-electron chi connectivity index (χ2n) is 4.32. The molecule has 0 saturated carbocycles. The highest BCUT2D eigenvalue weighted by molar-refractivity contribution is 5.77. The van der Waals surface area contributed by atoms with E-state index in [4.69, 9.17) is 5.26 Å². The number of nitrogens with zero attached hydrogens (tertiary/aromatic N) is 3. The van der Waals surface area contributed by atoms with E-state index in [9.17, 15) is 13.2 Å². The van der Waals surface area contributed by atoms with Crippen molar-refractivity contribution in [3.05, 3.63) is 29.6 Å². The van der Waals surface area contributed by atoms with Crippen molar-refractivity contribution in [2.24, 2.45) is 7.05 Å². The van der Waals surface area contributed by atoms with E-state index >= 15 is 0 Å². The van der Waals surface area contributed by atoms with E-state index in [0.29, 0.717) is 16.9 Å². The lowest BCUT2D eigenvalue weighted by Crippen LogP contribution is -2.18. The summed E-state index contributed by atoms with van der Waals surface area (Å²) >= 11 is 0. The summed E-state index contributed by atoms with van der Waals surface area (Å²) in [5.74, 6) is 0.622. The Kier molecular flexibility index (Phi) is 3.95. The normalized spacial score (nSPS) is 11.8. The van der Waals surface area contributed by atoms with Crippen LogP contribution in [0.2, 0.25) is 0 Å². The SMILES string of the molecule is Cn1c(CCOCC(F)(F)F)nc2cc(C#N)ccc21. The smallest absolute Gasteiger partial charge is 0.372 e. The predicted octanol–water partition coefficient (Wildman–Crippen LogP) is 2.57. The summed E-state index contributed by atoms with van der Waals surface area (Å²) in [4.78, 5) is 4.31. The van der Waals surface area contributed by atoms with Gasteiger partial charge >= 0.3 is 6.18 Å². The van der Waals surface area contributed by atoms with E-state index in [1.165, 1.54) is 0 Å². The molecule has 1 aromatic heterocycles. The van der Waals surface area contributed by atoms with E-state index < -0.39 is 12.8 Å². The van der Waals surface area contributed by atoms with Gasteiger partial charge in [0.25, 0.3) is 0 Å². The monoisotopic (exact) mass is 283 g/mol. The van der Waals surface area contributed by atoms with E-state index in [1.807, 2.05) is 6.07 Å². The molecule has 1 heterocycles. The largest absolute Gasteiger partial charge is 0.411 e. The van der Waals surface area contributed by atoms with Gasteiger partial charge in [0.15, 0.2) is 0 Å². The number of aryl methyl sites for hydroxylation is 1. The van der Waals surface area contributed by atoms with Gasteiger partial charge < -0.3 is 9.30 Å². The van der Waals surface area contributed by atoms with Crippen LogP contribution in [-0.4, -0.2) is 28.9 Å². The minimum absolute atomic E-state index is 0.0538. The lowest BCUT2D eigenvalue weighted by atomic mass is 10.2. The van der Waals surface area contributed by atoms with Gasteiger partial charge in [-0.3, -0.25) is 0 Å². The van der Waals surface area contributed by atoms with Gasteiger partial charge in [-0.05, 0) is 18.2 Å². The molecular formula is C13H12F3N3O. The number of hydrogen-bond donors (Lipinski definition) is 0. The van der Waals surface area contributed by atoms with Crippen molar-refractivity contribution in [3.8, 4) is 6.07 Å². The molecule has 2 aromatic rings. The minimum Gasteiger partial charge on any atom is -0.372 e. The molecule has 0 aliphatic carbocycles. The van der Waals surface area contributed by atoms with E-state index in [1.54, 1.807) is 29.8 Å². The van der Waals surface area contributed by atoms with Crippen molar-refractivity contribution in [1.29, 1.82) is 5.26 Å². The van der Waals surface area contributed by atoms with Crippen LogP contribution >= 0.6 is 0 Å². The van der Waals surface area contributed by atoms with Gasteiger partial charge in [0, 0.05) is 13.5 Å². The van der Waals surface area contributed by atoms with E-state index in [0.717, 1.165) is 5.52 Å². The molecule has 0 fully saturated rings. The van der Waals surface area contributed by atoms with Crippen LogP contribution in [0.1, 0.15) is 11.4 Å². The Hall–Kier alpha value is -2.07. The number of rotatable bonds is 4. The number of imidazole rings is 1. The molecule has 7 heteroatoms. The molecule has 20 heavy (non-hydrogen) atoms. The lowest BCUT2D eigenvalue weighted by molar-refractivity contribution is -0.173. The number of hydrogen-bond acceptors (Lipinski definition) is 3. The van der Waals surface area contributed by atoms with Crippen molar-refractivity contribution in [2.45, 2.75) is 12.6 Å². The fourth-order valence-corrected chi connectivity index (χ4v) is 1.89. The molecule has 2 rings (SSSR count). The van der Waals surface area contributed by atoms with Crippen LogP contribution < -0.4 is 0 Å². The van der Waals surface area contributed by atoms with Crippen molar-refractivity contribution in [2.75, 3.05) is 13.2 Å². The number of alkyl halides is 3. The fraction of sp³-hybridized carbons (Fsp3) is 0.385. The molecule has 0 radical (unpaired) electrons. The summed E-state index contributed by atoms with van der Waals surface area (Å²) in [7, 11) is 1.78. The molecule has 4 nitrogen and oxygen atoms in total. The van der Waals surface area contributed by atoms with Crippen molar-refractivity contribution in [3.63, 3.8) is 0 Å². The highest BCUT2D eigenvalue weighted by atomic mass is 19.4. The molecule has 0 spiro atoms. The number of aromatic nitrogens is 2. The van der Waals surface area contributed by atoms with Gasteiger partial charge in [0.05, 0.1) is 29.3 Å². The van der Waals surface area contributed by atoms with Crippen LogP contribution in [-0.2, 0) is 18.2 Å². The van der Waals surface area contributed by atoms with Gasteiger partial charge in [-0.2, -0.15) is 18.4 Å². The topological polar surface area (TPSA) is 50.8 Å². The van der Waals surface area contributed by atoms with Gasteiger partial charge in [-0.1, -0.05) is 0 Å². The Morgan fingerprint density at radius 1 is 1.40 bits per heavy atom. The molecule has 0 amide bonds. The average Bonchev–Trinajstić information content (AvgIpc) is 2.70. The van der Waals surface area contributed by atoms with Crippen molar-refractivity contribution in [1.82, 2.24) is 9.55 Å². The number of halogens is 3. The quantitative estimate of drug-likeness (QED) is 0.810. The van der Waals surface area contributed by atoms with Gasteiger partial charge in [0.1, 0.15) is 12.4 Å². The molecule has 0 N–H and O–H groups in total. The molecule has 0 unspecified atom stereocenters. The van der Waals surface area contributed by atoms with Gasteiger partial charge in [0.2, 0.25) is 0 Å². The fourth-order valence-electron chi connectivity index (χ4n) is 1.89. The summed E-state index contributed by atoms with van der Waals surface area (Å²) in [6, 6.07) is 7.11. The molecule has 0 bridgehead atoms. The first-order chi connectivity index (χ1) is 9.40. The predicted molar refractivity (Wildman–Crippen MR) is 66.0 cm³/mol. The number of fused-ring (bicyclic) bond motifs is 1. The summed E-state index contributed by atoms with van der Waals surface area (Å²) < 4.78 is 42.2. The Bertz CT molecular complexity index is 655. The standard InChI is InChI=1S/C13H12F3N3O/c1-19-11-3-2-9(7-17)6-10(11)18-12(19)4-5-20-8-13(14,15)16/h2-3,6H,4-5,8H2,1H3. The number of ether oxygens (including phenoxy) is 1. The molecule has 0 saturated heterocycles. The third kappa shape index (κ3) is 3.27. The van der Waals surface area contributed by atoms with Crippen LogP contribution in [0.3, 0.4) is 0 Å². The van der Waals surface area contributed by atoms with Crippen LogP contribution in [0, 0.1) is 11.3 Å². The maximum atomic E-state index is 11.9. The first kappa shape index (κ1) is 14.3. The molecule has 106 valence electrons. The first-order valence-corrected chi connectivity index (χ1v) is 5.90. The first-order valence-electron chi connectivity index (χ1n) is 5.90. The van der Waals surface area contributed by atoms with Crippen LogP contribution in [0.5, 0.6) is 0 Å². The van der Waals surface area contributed by atoms with Crippen LogP contribution in [0.4, 0.5) is 13.2 Å². The van der Waals surface area contributed by atoms with Crippen LogP contribution in [0.15, 0.2) is 18.2 Å². The van der Waals surface area contributed by atoms with Gasteiger partial charge in [-0.25, -0.2) is 4.98 Å². The second kappa shape index (κ2) is 5.51. The Morgan fingerprint density at radius 3 is 2.80 bits per heavy atom. The third-order valence-corrected chi connectivity index (χ3v) is 2.84. The highest BCUT2D eigenvalue weighted by Crippen LogP contribution is 2.18. The summed E-state index contributed by atoms with van der Waals surface area (Å²) in [5, 5.41) is 8.81. The number of nitriles is 1. The Labute approximate surface area is 113 Å².